The number of carboxylic acid groups (broad SMARTS) is 1. The van der Waals surface area contributed by atoms with Crippen LogP contribution < -0.4 is 4.74 Å². The molecular formula is C13H13NO4. The molecule has 18 heavy (non-hydrogen) atoms. The van der Waals surface area contributed by atoms with Crippen LogP contribution in [-0.2, 0) is 0 Å². The first-order valence-corrected chi connectivity index (χ1v) is 5.39. The molecule has 0 radical (unpaired) electrons. The molecular weight excluding hydrogens is 234 g/mol. The highest BCUT2D eigenvalue weighted by Crippen LogP contribution is 2.36. The predicted octanol–water partition coefficient (Wildman–Crippen LogP) is 2.67. The Kier molecular flexibility index (Phi) is 3.06. The smallest absolute Gasteiger partial charge is 0.358 e. The number of aromatic carboxylic acids is 1. The fourth-order valence-corrected chi connectivity index (χ4v) is 1.85. The largest absolute Gasteiger partial charge is 0.496 e. The molecule has 0 spiro atoms. The molecule has 0 aliphatic carbocycles. The normalized spacial score (nSPS) is 10.4. The first-order chi connectivity index (χ1) is 8.54. The van der Waals surface area contributed by atoms with Gasteiger partial charge in [-0.15, -0.1) is 0 Å². The van der Waals surface area contributed by atoms with E-state index in [1.54, 1.807) is 7.11 Å². The van der Waals surface area contributed by atoms with Gasteiger partial charge in [-0.1, -0.05) is 17.3 Å². The molecule has 1 aromatic carbocycles. The SMILES string of the molecule is COc1c(C)ccc(C)c1-c1cc(C(=O)O)no1. The molecule has 5 heteroatoms. The number of rotatable bonds is 3. The second kappa shape index (κ2) is 4.52. The highest BCUT2D eigenvalue weighted by molar-refractivity contribution is 5.87. The van der Waals surface area contributed by atoms with Gasteiger partial charge in [-0.05, 0) is 25.0 Å². The number of benzene rings is 1. The molecule has 0 aliphatic heterocycles. The average Bonchev–Trinajstić information content (AvgIpc) is 2.81. The Hall–Kier alpha value is -2.30. The molecule has 1 heterocycles. The number of aromatic nitrogens is 1. The standard InChI is InChI=1S/C13H13NO4/c1-7-4-5-8(2)12(17-3)11(7)10-6-9(13(15)16)14-18-10/h4-6H,1-3H3,(H,15,16). The van der Waals surface area contributed by atoms with Crippen molar-refractivity contribution in [2.24, 2.45) is 0 Å². The second-order valence-corrected chi connectivity index (χ2v) is 3.99. The van der Waals surface area contributed by atoms with Gasteiger partial charge in [-0.25, -0.2) is 4.79 Å². The Balaban J connectivity index is 2.62. The van der Waals surface area contributed by atoms with Gasteiger partial charge in [-0.2, -0.15) is 0 Å². The quantitative estimate of drug-likeness (QED) is 0.902. The molecule has 2 rings (SSSR count). The van der Waals surface area contributed by atoms with Crippen molar-refractivity contribution in [1.82, 2.24) is 5.16 Å². The molecule has 0 saturated heterocycles. The highest BCUT2D eigenvalue weighted by Gasteiger charge is 2.18. The van der Waals surface area contributed by atoms with E-state index in [1.807, 2.05) is 26.0 Å². The number of ether oxygens (including phenoxy) is 1. The summed E-state index contributed by atoms with van der Waals surface area (Å²) >= 11 is 0. The van der Waals surface area contributed by atoms with E-state index in [-0.39, 0.29) is 5.69 Å². The number of aryl methyl sites for hydroxylation is 2. The van der Waals surface area contributed by atoms with Gasteiger partial charge >= 0.3 is 5.97 Å². The molecule has 5 nitrogen and oxygen atoms in total. The summed E-state index contributed by atoms with van der Waals surface area (Å²) < 4.78 is 10.4. The monoisotopic (exact) mass is 247 g/mol. The number of carbonyl (C=O) groups is 1. The summed E-state index contributed by atoms with van der Waals surface area (Å²) in [6, 6.07) is 5.26. The van der Waals surface area contributed by atoms with E-state index in [2.05, 4.69) is 5.16 Å². The van der Waals surface area contributed by atoms with E-state index in [0.717, 1.165) is 16.7 Å². The molecule has 0 fully saturated rings. The zero-order valence-corrected chi connectivity index (χ0v) is 10.4. The molecule has 0 unspecified atom stereocenters. The van der Waals surface area contributed by atoms with E-state index < -0.39 is 5.97 Å². The van der Waals surface area contributed by atoms with Crippen molar-refractivity contribution in [3.63, 3.8) is 0 Å². The van der Waals surface area contributed by atoms with E-state index in [4.69, 9.17) is 14.4 Å². The van der Waals surface area contributed by atoms with Crippen molar-refractivity contribution < 1.29 is 19.2 Å². The highest BCUT2D eigenvalue weighted by atomic mass is 16.5. The van der Waals surface area contributed by atoms with Crippen LogP contribution in [0, 0.1) is 13.8 Å². The summed E-state index contributed by atoms with van der Waals surface area (Å²) in [6.07, 6.45) is 0. The zero-order chi connectivity index (χ0) is 13.3. The maximum absolute atomic E-state index is 10.8. The van der Waals surface area contributed by atoms with Crippen LogP contribution in [0.4, 0.5) is 0 Å². The zero-order valence-electron chi connectivity index (χ0n) is 10.4. The van der Waals surface area contributed by atoms with Crippen molar-refractivity contribution in [2.45, 2.75) is 13.8 Å². The summed E-state index contributed by atoms with van der Waals surface area (Å²) in [4.78, 5) is 10.8. The Labute approximate surface area is 104 Å². The minimum absolute atomic E-state index is 0.118. The van der Waals surface area contributed by atoms with Gasteiger partial charge in [0.1, 0.15) is 5.75 Å². The lowest BCUT2D eigenvalue weighted by molar-refractivity contribution is 0.0686. The van der Waals surface area contributed by atoms with Gasteiger partial charge in [0, 0.05) is 6.07 Å². The molecule has 1 N–H and O–H groups in total. The number of nitrogens with zero attached hydrogens (tertiary/aromatic N) is 1. The van der Waals surface area contributed by atoms with Crippen molar-refractivity contribution in [3.8, 4) is 17.1 Å². The molecule has 0 atom stereocenters. The van der Waals surface area contributed by atoms with E-state index in [9.17, 15) is 4.79 Å². The van der Waals surface area contributed by atoms with E-state index in [1.165, 1.54) is 6.07 Å². The lowest BCUT2D eigenvalue weighted by Gasteiger charge is -2.11. The van der Waals surface area contributed by atoms with E-state index >= 15 is 0 Å². The molecule has 1 aromatic heterocycles. The van der Waals surface area contributed by atoms with Crippen molar-refractivity contribution in [3.05, 3.63) is 35.0 Å². The van der Waals surface area contributed by atoms with Crippen molar-refractivity contribution in [1.29, 1.82) is 0 Å². The lowest BCUT2D eigenvalue weighted by Crippen LogP contribution is -1.95. The number of methoxy groups -OCH3 is 1. The van der Waals surface area contributed by atoms with Crippen LogP contribution in [-0.4, -0.2) is 23.3 Å². The topological polar surface area (TPSA) is 72.6 Å². The van der Waals surface area contributed by atoms with Crippen LogP contribution in [0.15, 0.2) is 22.7 Å². The summed E-state index contributed by atoms with van der Waals surface area (Å²) in [6.45, 7) is 3.82. The van der Waals surface area contributed by atoms with Crippen molar-refractivity contribution >= 4 is 5.97 Å². The Morgan fingerprint density at radius 3 is 2.56 bits per heavy atom. The third-order valence-corrected chi connectivity index (χ3v) is 2.74. The third-order valence-electron chi connectivity index (χ3n) is 2.74. The first-order valence-electron chi connectivity index (χ1n) is 5.39. The fraction of sp³-hybridized carbons (Fsp3) is 0.231. The third kappa shape index (κ3) is 1.95. The summed E-state index contributed by atoms with van der Waals surface area (Å²) in [5.41, 5.74) is 2.50. The van der Waals surface area contributed by atoms with Crippen molar-refractivity contribution in [2.75, 3.05) is 7.11 Å². The van der Waals surface area contributed by atoms with Gasteiger partial charge in [0.15, 0.2) is 11.5 Å². The minimum Gasteiger partial charge on any atom is -0.496 e. The van der Waals surface area contributed by atoms with Crippen LogP contribution in [0.2, 0.25) is 0 Å². The van der Waals surface area contributed by atoms with Crippen LogP contribution >= 0.6 is 0 Å². The van der Waals surface area contributed by atoms with Gasteiger partial charge in [0.05, 0.1) is 12.7 Å². The van der Waals surface area contributed by atoms with Gasteiger partial charge in [0.25, 0.3) is 0 Å². The summed E-state index contributed by atoms with van der Waals surface area (Å²) in [5.74, 6) is -0.0530. The van der Waals surface area contributed by atoms with Crippen LogP contribution in [0.3, 0.4) is 0 Å². The molecule has 0 aliphatic rings. The summed E-state index contributed by atoms with van der Waals surface area (Å²) in [5, 5.41) is 12.3. The number of carboxylic acids is 1. The number of hydrogen-bond donors (Lipinski definition) is 1. The Morgan fingerprint density at radius 2 is 2.00 bits per heavy atom. The van der Waals surface area contributed by atoms with Gasteiger partial charge < -0.3 is 14.4 Å². The Morgan fingerprint density at radius 1 is 1.33 bits per heavy atom. The number of hydrogen-bond acceptors (Lipinski definition) is 4. The molecule has 0 bridgehead atoms. The maximum atomic E-state index is 10.8. The minimum atomic E-state index is -1.12. The Bertz CT molecular complexity index is 601. The van der Waals surface area contributed by atoms with Crippen LogP contribution in [0.5, 0.6) is 5.75 Å². The molecule has 2 aromatic rings. The van der Waals surface area contributed by atoms with Gasteiger partial charge in [0.2, 0.25) is 0 Å². The fourth-order valence-electron chi connectivity index (χ4n) is 1.85. The lowest BCUT2D eigenvalue weighted by atomic mass is 10.0. The van der Waals surface area contributed by atoms with Gasteiger partial charge in [-0.3, -0.25) is 0 Å². The summed E-state index contributed by atoms with van der Waals surface area (Å²) in [7, 11) is 1.57. The van der Waals surface area contributed by atoms with E-state index in [0.29, 0.717) is 11.5 Å². The predicted molar refractivity (Wildman–Crippen MR) is 64.9 cm³/mol. The van der Waals surface area contributed by atoms with Crippen LogP contribution in [0.25, 0.3) is 11.3 Å². The van der Waals surface area contributed by atoms with Crippen LogP contribution in [0.1, 0.15) is 21.6 Å². The average molecular weight is 247 g/mol. The maximum Gasteiger partial charge on any atom is 0.358 e. The molecule has 0 amide bonds. The first kappa shape index (κ1) is 12.2. The molecule has 0 saturated carbocycles. The molecule has 94 valence electrons. The second-order valence-electron chi connectivity index (χ2n) is 3.99.